The average molecular weight is 404 g/mol. The van der Waals surface area contributed by atoms with Crippen molar-refractivity contribution in [1.29, 1.82) is 0 Å². The maximum absolute atomic E-state index is 5.47. The van der Waals surface area contributed by atoms with Crippen LogP contribution in [0, 0.1) is 13.8 Å². The summed E-state index contributed by atoms with van der Waals surface area (Å²) in [7, 11) is 0. The molecular weight excluding hydrogens is 388 g/mol. The van der Waals surface area contributed by atoms with Crippen LogP contribution < -0.4 is 5.32 Å². The molecule has 1 aromatic carbocycles. The van der Waals surface area contributed by atoms with Crippen LogP contribution in [0.4, 0.5) is 11.8 Å². The molecule has 0 radical (unpaired) electrons. The molecule has 5 aromatic rings. The van der Waals surface area contributed by atoms with E-state index in [2.05, 4.69) is 30.7 Å². The van der Waals surface area contributed by atoms with Crippen LogP contribution >= 0.6 is 11.8 Å². The second-order valence-corrected chi connectivity index (χ2v) is 7.48. The minimum atomic E-state index is 0.511. The SMILES string of the molecule is Cc1cc(Nc2nc(Sc3ccc(-c4nnc(C)o4)cc3)cc3nccn23)n[nH]1. The third-order valence-corrected chi connectivity index (χ3v) is 5.09. The van der Waals surface area contributed by atoms with Gasteiger partial charge < -0.3 is 9.73 Å². The Morgan fingerprint density at radius 1 is 1.10 bits per heavy atom. The quantitative estimate of drug-likeness (QED) is 0.423. The number of hydrogen-bond donors (Lipinski definition) is 2. The van der Waals surface area contributed by atoms with Crippen LogP contribution in [-0.2, 0) is 0 Å². The number of rotatable bonds is 5. The van der Waals surface area contributed by atoms with Crippen LogP contribution in [0.25, 0.3) is 17.1 Å². The van der Waals surface area contributed by atoms with Crippen molar-refractivity contribution in [3.05, 3.63) is 60.4 Å². The molecular formula is C19H16N8OS. The topological polar surface area (TPSA) is 110 Å². The Morgan fingerprint density at radius 3 is 2.69 bits per heavy atom. The molecule has 0 aliphatic carbocycles. The van der Waals surface area contributed by atoms with Crippen molar-refractivity contribution in [1.82, 2.24) is 34.8 Å². The monoisotopic (exact) mass is 404 g/mol. The zero-order chi connectivity index (χ0) is 19.8. The Bertz CT molecular complexity index is 1290. The minimum absolute atomic E-state index is 0.511. The maximum atomic E-state index is 5.47. The standard InChI is InChI=1S/C19H16N8OS/c1-11-9-15(25-23-11)21-19-22-17(10-16-20-7-8-27(16)19)29-14-5-3-13(4-6-14)18-26-24-12(2)28-18/h3-10H,1-2H3,(H2,21,22,23,25). The molecule has 9 nitrogen and oxygen atoms in total. The highest BCUT2D eigenvalue weighted by atomic mass is 32.2. The van der Waals surface area contributed by atoms with Gasteiger partial charge in [-0.05, 0) is 31.2 Å². The summed E-state index contributed by atoms with van der Waals surface area (Å²) < 4.78 is 7.36. The van der Waals surface area contributed by atoms with Crippen LogP contribution in [0.1, 0.15) is 11.6 Å². The second kappa shape index (κ2) is 7.06. The van der Waals surface area contributed by atoms with Crippen molar-refractivity contribution < 1.29 is 4.42 Å². The minimum Gasteiger partial charge on any atom is -0.421 e. The first kappa shape index (κ1) is 17.4. The van der Waals surface area contributed by atoms with Gasteiger partial charge in [-0.25, -0.2) is 9.97 Å². The molecule has 5 rings (SSSR count). The van der Waals surface area contributed by atoms with E-state index in [0.717, 1.165) is 26.8 Å². The molecule has 0 aliphatic rings. The van der Waals surface area contributed by atoms with E-state index in [4.69, 9.17) is 9.40 Å². The highest BCUT2D eigenvalue weighted by Gasteiger charge is 2.11. The summed E-state index contributed by atoms with van der Waals surface area (Å²) >= 11 is 1.55. The van der Waals surface area contributed by atoms with Gasteiger partial charge in [-0.3, -0.25) is 9.50 Å². The van der Waals surface area contributed by atoms with Crippen LogP contribution in [0.3, 0.4) is 0 Å². The molecule has 0 bridgehead atoms. The number of hydrogen-bond acceptors (Lipinski definition) is 8. The number of anilines is 2. The molecule has 4 heterocycles. The van der Waals surface area contributed by atoms with E-state index < -0.39 is 0 Å². The van der Waals surface area contributed by atoms with Gasteiger partial charge in [-0.2, -0.15) is 5.10 Å². The first-order chi connectivity index (χ1) is 14.1. The molecule has 0 atom stereocenters. The molecule has 0 spiro atoms. The molecule has 0 saturated heterocycles. The van der Waals surface area contributed by atoms with Crippen molar-refractivity contribution in [2.75, 3.05) is 5.32 Å². The van der Waals surface area contributed by atoms with Gasteiger partial charge >= 0.3 is 0 Å². The molecule has 0 saturated carbocycles. The largest absolute Gasteiger partial charge is 0.421 e. The van der Waals surface area contributed by atoms with Gasteiger partial charge in [0, 0.05) is 47.6 Å². The highest BCUT2D eigenvalue weighted by molar-refractivity contribution is 7.99. The predicted octanol–water partition coefficient (Wildman–Crippen LogP) is 4.01. The molecule has 0 amide bonds. The number of aromatic amines is 1. The summed E-state index contributed by atoms with van der Waals surface area (Å²) in [6.45, 7) is 3.72. The van der Waals surface area contributed by atoms with Gasteiger partial charge in [0.15, 0.2) is 5.82 Å². The van der Waals surface area contributed by atoms with Crippen LogP contribution in [0.15, 0.2) is 63.1 Å². The van der Waals surface area contributed by atoms with E-state index in [0.29, 0.717) is 23.5 Å². The summed E-state index contributed by atoms with van der Waals surface area (Å²) in [6.07, 6.45) is 3.60. The lowest BCUT2D eigenvalue weighted by Crippen LogP contribution is -2.02. The number of nitrogens with one attached hydrogen (secondary N) is 2. The van der Waals surface area contributed by atoms with Crippen LogP contribution in [0.2, 0.25) is 0 Å². The molecule has 4 aromatic heterocycles. The van der Waals surface area contributed by atoms with Gasteiger partial charge in [0.05, 0.1) is 0 Å². The predicted molar refractivity (Wildman–Crippen MR) is 108 cm³/mol. The van der Waals surface area contributed by atoms with E-state index in [1.165, 1.54) is 0 Å². The zero-order valence-electron chi connectivity index (χ0n) is 15.6. The highest BCUT2D eigenvalue weighted by Crippen LogP contribution is 2.30. The molecule has 0 fully saturated rings. The van der Waals surface area contributed by atoms with Crippen molar-refractivity contribution in [2.45, 2.75) is 23.8 Å². The summed E-state index contributed by atoms with van der Waals surface area (Å²) in [6, 6.07) is 11.8. The third-order valence-electron chi connectivity index (χ3n) is 4.16. The van der Waals surface area contributed by atoms with E-state index >= 15 is 0 Å². The number of aryl methyl sites for hydroxylation is 2. The number of aromatic nitrogens is 7. The molecule has 29 heavy (non-hydrogen) atoms. The van der Waals surface area contributed by atoms with Crippen LogP contribution in [0.5, 0.6) is 0 Å². The normalized spacial score (nSPS) is 11.2. The van der Waals surface area contributed by atoms with Gasteiger partial charge in [0.1, 0.15) is 10.7 Å². The Kier molecular flexibility index (Phi) is 4.24. The molecule has 144 valence electrons. The molecule has 0 unspecified atom stereocenters. The molecule has 10 heteroatoms. The zero-order valence-corrected chi connectivity index (χ0v) is 16.4. The summed E-state index contributed by atoms with van der Waals surface area (Å²) in [4.78, 5) is 10.2. The van der Waals surface area contributed by atoms with Gasteiger partial charge in [-0.1, -0.05) is 11.8 Å². The fraction of sp³-hybridized carbons (Fsp3) is 0.105. The lowest BCUT2D eigenvalue weighted by atomic mass is 10.2. The van der Waals surface area contributed by atoms with Gasteiger partial charge in [-0.15, -0.1) is 10.2 Å². The maximum Gasteiger partial charge on any atom is 0.247 e. The van der Waals surface area contributed by atoms with E-state index in [1.807, 2.05) is 53.9 Å². The number of benzene rings is 1. The molecule has 2 N–H and O–H groups in total. The Morgan fingerprint density at radius 2 is 1.97 bits per heavy atom. The lowest BCUT2D eigenvalue weighted by Gasteiger charge is -2.08. The lowest BCUT2D eigenvalue weighted by molar-refractivity contribution is 0.533. The Balaban J connectivity index is 1.42. The summed E-state index contributed by atoms with van der Waals surface area (Å²) in [5.41, 5.74) is 2.65. The average Bonchev–Trinajstić information content (AvgIpc) is 3.44. The number of imidazole rings is 1. The Labute approximate surface area is 169 Å². The van der Waals surface area contributed by atoms with E-state index in [9.17, 15) is 0 Å². The fourth-order valence-electron chi connectivity index (χ4n) is 2.84. The number of nitrogens with zero attached hydrogens (tertiary/aromatic N) is 6. The summed E-state index contributed by atoms with van der Waals surface area (Å²) in [5, 5.41) is 19.1. The number of H-pyrrole nitrogens is 1. The van der Waals surface area contributed by atoms with Crippen molar-refractivity contribution >= 4 is 29.2 Å². The van der Waals surface area contributed by atoms with E-state index in [1.54, 1.807) is 24.9 Å². The fourth-order valence-corrected chi connectivity index (χ4v) is 3.65. The first-order valence-corrected chi connectivity index (χ1v) is 9.67. The Hall–Kier alpha value is -3.66. The van der Waals surface area contributed by atoms with Crippen LogP contribution in [-0.4, -0.2) is 34.8 Å². The smallest absolute Gasteiger partial charge is 0.247 e. The second-order valence-electron chi connectivity index (χ2n) is 6.39. The third kappa shape index (κ3) is 3.57. The molecule has 0 aliphatic heterocycles. The number of fused-ring (bicyclic) bond motifs is 1. The van der Waals surface area contributed by atoms with Gasteiger partial charge in [0.25, 0.3) is 0 Å². The van der Waals surface area contributed by atoms with E-state index in [-0.39, 0.29) is 0 Å². The summed E-state index contributed by atoms with van der Waals surface area (Å²) in [5.74, 6) is 2.40. The first-order valence-electron chi connectivity index (χ1n) is 8.85. The van der Waals surface area contributed by atoms with Crippen molar-refractivity contribution in [3.63, 3.8) is 0 Å². The van der Waals surface area contributed by atoms with Crippen molar-refractivity contribution in [2.24, 2.45) is 0 Å². The van der Waals surface area contributed by atoms with Crippen molar-refractivity contribution in [3.8, 4) is 11.5 Å². The van der Waals surface area contributed by atoms with Gasteiger partial charge in [0.2, 0.25) is 17.7 Å².